The number of ether oxygens (including phenoxy) is 1. The lowest BCUT2D eigenvalue weighted by atomic mass is 9.82. The number of rotatable bonds is 3. The second kappa shape index (κ2) is 5.12. The Morgan fingerprint density at radius 1 is 1.25 bits per heavy atom. The molecule has 3 rings (SSSR count). The van der Waals surface area contributed by atoms with Crippen LogP contribution in [0, 0.1) is 5.41 Å². The summed E-state index contributed by atoms with van der Waals surface area (Å²) in [6, 6.07) is 9.02. The molecule has 104 valence electrons. The van der Waals surface area contributed by atoms with E-state index in [9.17, 15) is 9.59 Å². The van der Waals surface area contributed by atoms with Crippen LogP contribution in [-0.4, -0.2) is 17.9 Å². The van der Waals surface area contributed by atoms with E-state index < -0.39 is 11.5 Å². The molecule has 1 N–H and O–H groups in total. The van der Waals surface area contributed by atoms with E-state index in [4.69, 9.17) is 4.74 Å². The number of benzene rings is 1. The summed E-state index contributed by atoms with van der Waals surface area (Å²) in [7, 11) is 0. The minimum Gasteiger partial charge on any atom is -0.459 e. The molecule has 0 aromatic heterocycles. The fraction of sp³-hybridized carbons (Fsp3) is 0.375. The Balaban J connectivity index is 1.58. The van der Waals surface area contributed by atoms with Crippen LogP contribution < -0.4 is 5.32 Å². The van der Waals surface area contributed by atoms with Gasteiger partial charge in [0.25, 0.3) is 0 Å². The number of allylic oxidation sites excluding steroid dienone is 2. The minimum absolute atomic E-state index is 0.0239. The first-order valence-corrected chi connectivity index (χ1v) is 6.86. The number of hydrogen-bond acceptors (Lipinski definition) is 3. The molecule has 1 aromatic rings. The number of carbonyl (C=O) groups excluding carboxylic acids is 2. The van der Waals surface area contributed by atoms with Gasteiger partial charge in [-0.1, -0.05) is 42.5 Å². The molecule has 0 radical (unpaired) electrons. The van der Waals surface area contributed by atoms with Gasteiger partial charge in [-0.05, 0) is 24.8 Å². The largest absolute Gasteiger partial charge is 0.459 e. The van der Waals surface area contributed by atoms with Gasteiger partial charge >= 0.3 is 5.97 Å². The van der Waals surface area contributed by atoms with Crippen LogP contribution in [0.2, 0.25) is 0 Å². The maximum absolute atomic E-state index is 12.0. The van der Waals surface area contributed by atoms with Crippen LogP contribution in [0.15, 0.2) is 42.5 Å². The van der Waals surface area contributed by atoms with Gasteiger partial charge in [0.15, 0.2) is 0 Å². The summed E-state index contributed by atoms with van der Waals surface area (Å²) in [6.07, 6.45) is 6.00. The van der Waals surface area contributed by atoms with Gasteiger partial charge in [-0.25, -0.2) is 4.79 Å². The first-order chi connectivity index (χ1) is 9.70. The van der Waals surface area contributed by atoms with Crippen molar-refractivity contribution in [1.29, 1.82) is 0 Å². The van der Waals surface area contributed by atoms with Crippen molar-refractivity contribution in [2.24, 2.45) is 5.41 Å². The zero-order valence-electron chi connectivity index (χ0n) is 11.2. The molecule has 20 heavy (non-hydrogen) atoms. The van der Waals surface area contributed by atoms with Crippen LogP contribution in [0.3, 0.4) is 0 Å². The first kappa shape index (κ1) is 12.9. The highest BCUT2D eigenvalue weighted by Gasteiger charge is 2.49. The van der Waals surface area contributed by atoms with E-state index >= 15 is 0 Å². The molecule has 1 fully saturated rings. The average Bonchev–Trinajstić information content (AvgIpc) is 3.07. The molecule has 1 spiro atoms. The molecule has 4 nitrogen and oxygen atoms in total. The summed E-state index contributed by atoms with van der Waals surface area (Å²) in [4.78, 5) is 24.1. The summed E-state index contributed by atoms with van der Waals surface area (Å²) in [6.45, 7) is 0.247. The summed E-state index contributed by atoms with van der Waals surface area (Å²) in [5.41, 5.74) is 0.540. The molecule has 1 aromatic carbocycles. The Morgan fingerprint density at radius 2 is 1.95 bits per heavy atom. The Bertz CT molecular complexity index is 542. The number of esters is 1. The summed E-state index contributed by atoms with van der Waals surface area (Å²) in [5, 5.41) is 2.77. The van der Waals surface area contributed by atoms with E-state index in [-0.39, 0.29) is 18.5 Å². The van der Waals surface area contributed by atoms with Crippen molar-refractivity contribution in [2.75, 3.05) is 0 Å². The summed E-state index contributed by atoms with van der Waals surface area (Å²) < 4.78 is 5.29. The SMILES string of the molecule is O=C(OCc1ccccc1)C1CC2(CC=CC2)C(=O)N1. The maximum Gasteiger partial charge on any atom is 0.329 e. The monoisotopic (exact) mass is 271 g/mol. The van der Waals surface area contributed by atoms with E-state index in [1.807, 2.05) is 42.5 Å². The minimum atomic E-state index is -0.508. The third-order valence-corrected chi connectivity index (χ3v) is 4.07. The van der Waals surface area contributed by atoms with Crippen LogP contribution in [0.4, 0.5) is 0 Å². The molecule has 1 saturated heterocycles. The van der Waals surface area contributed by atoms with Crippen molar-refractivity contribution in [3.05, 3.63) is 48.0 Å². The Labute approximate surface area is 117 Å². The molecule has 1 amide bonds. The van der Waals surface area contributed by atoms with Gasteiger partial charge in [0, 0.05) is 0 Å². The molecule has 1 aliphatic carbocycles. The maximum atomic E-state index is 12.0. The molecular formula is C16H17NO3. The van der Waals surface area contributed by atoms with E-state index in [1.54, 1.807) is 0 Å². The predicted molar refractivity (Wildman–Crippen MR) is 73.6 cm³/mol. The van der Waals surface area contributed by atoms with Crippen molar-refractivity contribution in [3.8, 4) is 0 Å². The van der Waals surface area contributed by atoms with E-state index in [0.29, 0.717) is 6.42 Å². The van der Waals surface area contributed by atoms with Crippen LogP contribution in [0.5, 0.6) is 0 Å². The molecule has 0 saturated carbocycles. The highest BCUT2D eigenvalue weighted by molar-refractivity contribution is 5.92. The van der Waals surface area contributed by atoms with Crippen molar-refractivity contribution >= 4 is 11.9 Å². The van der Waals surface area contributed by atoms with Crippen LogP contribution in [-0.2, 0) is 20.9 Å². The van der Waals surface area contributed by atoms with E-state index in [1.165, 1.54) is 0 Å². The second-order valence-electron chi connectivity index (χ2n) is 5.48. The molecular weight excluding hydrogens is 254 g/mol. The molecule has 1 heterocycles. The quantitative estimate of drug-likeness (QED) is 0.675. The normalized spacial score (nSPS) is 23.0. The predicted octanol–water partition coefficient (Wildman–Crippen LogP) is 1.95. The first-order valence-electron chi connectivity index (χ1n) is 6.86. The van der Waals surface area contributed by atoms with Gasteiger partial charge < -0.3 is 10.1 Å². The van der Waals surface area contributed by atoms with Crippen molar-refractivity contribution in [1.82, 2.24) is 5.32 Å². The molecule has 1 aliphatic heterocycles. The smallest absolute Gasteiger partial charge is 0.329 e. The topological polar surface area (TPSA) is 55.4 Å². The van der Waals surface area contributed by atoms with Crippen LogP contribution >= 0.6 is 0 Å². The molecule has 0 bridgehead atoms. The zero-order chi connectivity index (χ0) is 14.0. The van der Waals surface area contributed by atoms with Gasteiger partial charge in [0.1, 0.15) is 12.6 Å². The highest BCUT2D eigenvalue weighted by atomic mass is 16.5. The molecule has 1 atom stereocenters. The molecule has 2 aliphatic rings. The number of amides is 1. The van der Waals surface area contributed by atoms with Gasteiger partial charge in [0.2, 0.25) is 5.91 Å². The third kappa shape index (κ3) is 2.33. The van der Waals surface area contributed by atoms with Gasteiger partial charge in [-0.15, -0.1) is 0 Å². The highest BCUT2D eigenvalue weighted by Crippen LogP contribution is 2.41. The molecule has 4 heteroatoms. The summed E-state index contributed by atoms with van der Waals surface area (Å²) in [5.74, 6) is -0.366. The number of hydrogen-bond donors (Lipinski definition) is 1. The Kier molecular flexibility index (Phi) is 3.30. The molecule has 1 unspecified atom stereocenters. The lowest BCUT2D eigenvalue weighted by Crippen LogP contribution is -2.35. The lowest BCUT2D eigenvalue weighted by Gasteiger charge is -2.18. The van der Waals surface area contributed by atoms with Crippen LogP contribution in [0.25, 0.3) is 0 Å². The standard InChI is InChI=1S/C16H17NO3/c18-14(20-11-12-6-2-1-3-7-12)13-10-16(15(19)17-13)8-4-5-9-16/h1-7,13H,8-11H2,(H,17,19). The fourth-order valence-electron chi connectivity index (χ4n) is 2.87. The van der Waals surface area contributed by atoms with Crippen molar-refractivity contribution in [3.63, 3.8) is 0 Å². The van der Waals surface area contributed by atoms with E-state index in [0.717, 1.165) is 18.4 Å². The number of carbonyl (C=O) groups is 2. The van der Waals surface area contributed by atoms with Gasteiger partial charge in [-0.3, -0.25) is 4.79 Å². The van der Waals surface area contributed by atoms with E-state index in [2.05, 4.69) is 5.32 Å². The van der Waals surface area contributed by atoms with Crippen molar-refractivity contribution in [2.45, 2.75) is 31.9 Å². The third-order valence-electron chi connectivity index (χ3n) is 4.07. The fourth-order valence-corrected chi connectivity index (χ4v) is 2.87. The number of nitrogens with one attached hydrogen (secondary N) is 1. The average molecular weight is 271 g/mol. The lowest BCUT2D eigenvalue weighted by molar-refractivity contribution is -0.147. The van der Waals surface area contributed by atoms with Gasteiger partial charge in [-0.2, -0.15) is 0 Å². The Hall–Kier alpha value is -2.10. The second-order valence-corrected chi connectivity index (χ2v) is 5.48. The zero-order valence-corrected chi connectivity index (χ0v) is 11.2. The Morgan fingerprint density at radius 3 is 2.65 bits per heavy atom. The van der Waals surface area contributed by atoms with Gasteiger partial charge in [0.05, 0.1) is 5.41 Å². The van der Waals surface area contributed by atoms with Crippen molar-refractivity contribution < 1.29 is 14.3 Å². The van der Waals surface area contributed by atoms with Crippen LogP contribution in [0.1, 0.15) is 24.8 Å². The summed E-state index contributed by atoms with van der Waals surface area (Å²) >= 11 is 0.